The van der Waals surface area contributed by atoms with E-state index in [1.807, 2.05) is 6.08 Å². The lowest BCUT2D eigenvalue weighted by Crippen LogP contribution is -2.18. The van der Waals surface area contributed by atoms with Crippen LogP contribution in [0.25, 0.3) is 0 Å². The molecule has 0 unspecified atom stereocenters. The van der Waals surface area contributed by atoms with E-state index in [0.717, 1.165) is 36.2 Å². The number of rotatable bonds is 8. The van der Waals surface area contributed by atoms with Crippen molar-refractivity contribution >= 4 is 0 Å². The molecule has 0 bridgehead atoms. The summed E-state index contributed by atoms with van der Waals surface area (Å²) in [6.45, 7) is 3.82. The maximum Gasteiger partial charge on any atom is 0.159 e. The van der Waals surface area contributed by atoms with Crippen molar-refractivity contribution in [2.75, 3.05) is 0 Å². The van der Waals surface area contributed by atoms with Crippen molar-refractivity contribution in [3.63, 3.8) is 0 Å². The van der Waals surface area contributed by atoms with E-state index < -0.39 is 11.6 Å². The van der Waals surface area contributed by atoms with Gasteiger partial charge in [-0.05, 0) is 79.9 Å². The average molecular weight is 375 g/mol. The molecule has 0 spiro atoms. The smallest absolute Gasteiger partial charge is 0.159 e. The van der Waals surface area contributed by atoms with E-state index in [9.17, 15) is 8.78 Å². The van der Waals surface area contributed by atoms with E-state index >= 15 is 0 Å². The van der Waals surface area contributed by atoms with Gasteiger partial charge in [-0.15, -0.1) is 6.58 Å². The van der Waals surface area contributed by atoms with Gasteiger partial charge in [-0.1, -0.05) is 57.1 Å². The van der Waals surface area contributed by atoms with Crippen LogP contribution in [-0.2, 0) is 0 Å². The summed E-state index contributed by atoms with van der Waals surface area (Å²) in [6.07, 6.45) is 19.2. The van der Waals surface area contributed by atoms with Gasteiger partial charge in [-0.25, -0.2) is 8.78 Å². The monoisotopic (exact) mass is 374 g/mol. The first kappa shape index (κ1) is 20.6. The molecule has 2 heteroatoms. The summed E-state index contributed by atoms with van der Waals surface area (Å²) in [5.74, 6) is 1.74. The van der Waals surface area contributed by atoms with E-state index in [-0.39, 0.29) is 0 Å². The zero-order valence-corrected chi connectivity index (χ0v) is 16.8. The second kappa shape index (κ2) is 10.4. The molecule has 2 fully saturated rings. The standard InChI is InChI=1S/C25H36F2/c1-2-3-4-5-19-6-8-20(9-7-19)10-11-21-12-14-22(15-13-21)23-16-17-24(26)25(27)18-23/h2,16-22H,1,3-15H2/t19-,20-,21-,22-. The van der Waals surface area contributed by atoms with Gasteiger partial charge in [0.2, 0.25) is 0 Å². The van der Waals surface area contributed by atoms with Crippen molar-refractivity contribution < 1.29 is 8.78 Å². The van der Waals surface area contributed by atoms with Crippen LogP contribution >= 0.6 is 0 Å². The van der Waals surface area contributed by atoms with Gasteiger partial charge in [0.1, 0.15) is 0 Å². The summed E-state index contributed by atoms with van der Waals surface area (Å²) in [6, 6.07) is 4.47. The van der Waals surface area contributed by atoms with Crippen molar-refractivity contribution in [3.8, 4) is 0 Å². The third kappa shape index (κ3) is 6.16. The third-order valence-corrected chi connectivity index (χ3v) is 7.23. The first-order valence-corrected chi connectivity index (χ1v) is 11.2. The fourth-order valence-electron chi connectivity index (χ4n) is 5.38. The zero-order valence-electron chi connectivity index (χ0n) is 16.8. The number of benzene rings is 1. The minimum absolute atomic E-state index is 0.419. The van der Waals surface area contributed by atoms with Crippen LogP contribution in [0.15, 0.2) is 30.9 Å². The lowest BCUT2D eigenvalue weighted by Gasteiger charge is -2.32. The number of unbranched alkanes of at least 4 members (excludes halogenated alkanes) is 1. The summed E-state index contributed by atoms with van der Waals surface area (Å²) in [7, 11) is 0. The van der Waals surface area contributed by atoms with E-state index in [1.165, 1.54) is 82.8 Å². The molecule has 2 aliphatic rings. The zero-order chi connectivity index (χ0) is 19.1. The van der Waals surface area contributed by atoms with Gasteiger partial charge in [0.15, 0.2) is 11.6 Å². The van der Waals surface area contributed by atoms with Gasteiger partial charge in [-0.2, -0.15) is 0 Å². The molecule has 0 nitrogen and oxygen atoms in total. The Morgan fingerprint density at radius 2 is 1.33 bits per heavy atom. The van der Waals surface area contributed by atoms with Crippen LogP contribution in [0.1, 0.15) is 95.0 Å². The first-order chi connectivity index (χ1) is 13.2. The Morgan fingerprint density at radius 1 is 0.778 bits per heavy atom. The molecule has 1 aromatic carbocycles. The minimum Gasteiger partial charge on any atom is -0.204 e. The molecule has 0 heterocycles. The van der Waals surface area contributed by atoms with Crippen LogP contribution in [0.2, 0.25) is 0 Å². The SMILES string of the molecule is C=CCCC[C@H]1CC[C@H](CC[C@H]2CC[C@H](c3ccc(F)c(F)c3)CC2)CC1. The summed E-state index contributed by atoms with van der Waals surface area (Å²) < 4.78 is 26.6. The molecular formula is C25H36F2. The van der Waals surface area contributed by atoms with Crippen molar-refractivity contribution in [1.29, 1.82) is 0 Å². The molecule has 0 aliphatic heterocycles. The van der Waals surface area contributed by atoms with Crippen LogP contribution in [0.3, 0.4) is 0 Å². The summed E-state index contributed by atoms with van der Waals surface area (Å²) in [5.41, 5.74) is 0.988. The Bertz CT molecular complexity index is 578. The Morgan fingerprint density at radius 3 is 1.89 bits per heavy atom. The van der Waals surface area contributed by atoms with Gasteiger partial charge >= 0.3 is 0 Å². The largest absolute Gasteiger partial charge is 0.204 e. The Labute approximate surface area is 164 Å². The fourth-order valence-corrected chi connectivity index (χ4v) is 5.38. The highest BCUT2D eigenvalue weighted by molar-refractivity contribution is 5.22. The number of hydrogen-bond donors (Lipinski definition) is 0. The van der Waals surface area contributed by atoms with Crippen molar-refractivity contribution in [3.05, 3.63) is 48.1 Å². The van der Waals surface area contributed by atoms with Crippen molar-refractivity contribution in [1.82, 2.24) is 0 Å². The second-order valence-corrected chi connectivity index (χ2v) is 9.07. The molecule has 150 valence electrons. The highest BCUT2D eigenvalue weighted by Crippen LogP contribution is 2.40. The lowest BCUT2D eigenvalue weighted by atomic mass is 9.74. The lowest BCUT2D eigenvalue weighted by molar-refractivity contribution is 0.223. The molecule has 0 amide bonds. The number of halogens is 2. The molecule has 2 saturated carbocycles. The quantitative estimate of drug-likeness (QED) is 0.318. The summed E-state index contributed by atoms with van der Waals surface area (Å²) in [5, 5.41) is 0. The molecule has 0 N–H and O–H groups in total. The maximum atomic E-state index is 13.5. The molecule has 3 rings (SSSR count). The molecule has 0 atom stereocenters. The second-order valence-electron chi connectivity index (χ2n) is 9.07. The maximum absolute atomic E-state index is 13.5. The van der Waals surface area contributed by atoms with Gasteiger partial charge < -0.3 is 0 Å². The van der Waals surface area contributed by atoms with Crippen LogP contribution in [0.5, 0.6) is 0 Å². The van der Waals surface area contributed by atoms with E-state index in [4.69, 9.17) is 0 Å². The highest BCUT2D eigenvalue weighted by atomic mass is 19.2. The summed E-state index contributed by atoms with van der Waals surface area (Å²) >= 11 is 0. The average Bonchev–Trinajstić information content (AvgIpc) is 2.70. The Hall–Kier alpha value is -1.18. The molecule has 2 aliphatic carbocycles. The Balaban J connectivity index is 1.33. The highest BCUT2D eigenvalue weighted by Gasteiger charge is 2.25. The predicted molar refractivity (Wildman–Crippen MR) is 110 cm³/mol. The minimum atomic E-state index is -0.733. The topological polar surface area (TPSA) is 0 Å². The first-order valence-electron chi connectivity index (χ1n) is 11.2. The van der Waals surface area contributed by atoms with Gasteiger partial charge in [-0.3, -0.25) is 0 Å². The van der Waals surface area contributed by atoms with E-state index in [1.54, 1.807) is 6.07 Å². The molecule has 0 aromatic heterocycles. The van der Waals surface area contributed by atoms with Gasteiger partial charge in [0.05, 0.1) is 0 Å². The third-order valence-electron chi connectivity index (χ3n) is 7.23. The molecule has 27 heavy (non-hydrogen) atoms. The number of hydrogen-bond acceptors (Lipinski definition) is 0. The molecule has 0 saturated heterocycles. The Kier molecular flexibility index (Phi) is 7.91. The van der Waals surface area contributed by atoms with Crippen LogP contribution < -0.4 is 0 Å². The molecular weight excluding hydrogens is 338 g/mol. The molecule has 1 aromatic rings. The van der Waals surface area contributed by atoms with E-state index in [2.05, 4.69) is 6.58 Å². The molecule has 0 radical (unpaired) electrons. The van der Waals surface area contributed by atoms with E-state index in [0.29, 0.717) is 5.92 Å². The van der Waals surface area contributed by atoms with Gasteiger partial charge in [0.25, 0.3) is 0 Å². The number of allylic oxidation sites excluding steroid dienone is 1. The summed E-state index contributed by atoms with van der Waals surface area (Å²) in [4.78, 5) is 0. The van der Waals surface area contributed by atoms with Gasteiger partial charge in [0, 0.05) is 0 Å². The van der Waals surface area contributed by atoms with Crippen LogP contribution in [0, 0.1) is 29.4 Å². The predicted octanol–water partition coefficient (Wildman–Crippen LogP) is 8.18. The van der Waals surface area contributed by atoms with Crippen LogP contribution in [-0.4, -0.2) is 0 Å². The van der Waals surface area contributed by atoms with Crippen LogP contribution in [0.4, 0.5) is 8.78 Å². The fraction of sp³-hybridized carbons (Fsp3) is 0.680. The normalized spacial score (nSPS) is 28.8. The van der Waals surface area contributed by atoms with Crippen molar-refractivity contribution in [2.45, 2.75) is 89.4 Å². The van der Waals surface area contributed by atoms with Crippen molar-refractivity contribution in [2.24, 2.45) is 17.8 Å².